The predicted octanol–water partition coefficient (Wildman–Crippen LogP) is 1.96. The summed E-state index contributed by atoms with van der Waals surface area (Å²) in [6.45, 7) is 10.5. The van der Waals surface area contributed by atoms with Crippen LogP contribution in [0.2, 0.25) is 0 Å². The zero-order valence-corrected chi connectivity index (χ0v) is 12.6. The fraction of sp³-hybridized carbons (Fsp3) is 0.733. The van der Waals surface area contributed by atoms with Crippen LogP contribution < -0.4 is 5.32 Å². The van der Waals surface area contributed by atoms with Gasteiger partial charge in [0.25, 0.3) is 0 Å². The van der Waals surface area contributed by atoms with E-state index in [1.165, 1.54) is 0 Å². The Morgan fingerprint density at radius 2 is 1.89 bits per heavy atom. The highest BCUT2D eigenvalue weighted by Crippen LogP contribution is 2.20. The smallest absolute Gasteiger partial charge is 0.246 e. The Kier molecular flexibility index (Phi) is 5.58. The Morgan fingerprint density at radius 1 is 1.26 bits per heavy atom. The molecule has 0 aliphatic carbocycles. The van der Waals surface area contributed by atoms with Crippen molar-refractivity contribution in [2.75, 3.05) is 6.54 Å². The van der Waals surface area contributed by atoms with Crippen molar-refractivity contribution in [3.8, 4) is 0 Å². The lowest BCUT2D eigenvalue weighted by molar-refractivity contribution is -0.150. The molecule has 1 aliphatic rings. The lowest BCUT2D eigenvalue weighted by Gasteiger charge is -2.40. The van der Waals surface area contributed by atoms with E-state index in [0.29, 0.717) is 18.9 Å². The van der Waals surface area contributed by atoms with E-state index >= 15 is 0 Å². The lowest BCUT2D eigenvalue weighted by atomic mass is 9.93. The minimum absolute atomic E-state index is 0.0234. The van der Waals surface area contributed by atoms with Gasteiger partial charge in [0.1, 0.15) is 12.1 Å². The lowest BCUT2D eigenvalue weighted by Crippen LogP contribution is -2.64. The number of nitrogens with one attached hydrogen (secondary N) is 1. The Hall–Kier alpha value is -1.32. The number of rotatable bonds is 5. The Morgan fingerprint density at radius 3 is 2.37 bits per heavy atom. The van der Waals surface area contributed by atoms with Gasteiger partial charge in [0.2, 0.25) is 11.8 Å². The van der Waals surface area contributed by atoms with Crippen LogP contribution in [0.15, 0.2) is 12.2 Å². The SMILES string of the molecule is C/C=C/CN1C(=O)C(CC(C)C)NC(=O)C1C(C)C. The number of allylic oxidation sites excluding steroid dienone is 1. The summed E-state index contributed by atoms with van der Waals surface area (Å²) in [6.07, 6.45) is 4.54. The van der Waals surface area contributed by atoms with Crippen LogP contribution in [0.25, 0.3) is 0 Å². The van der Waals surface area contributed by atoms with Crippen LogP contribution in [0.4, 0.5) is 0 Å². The molecule has 0 radical (unpaired) electrons. The molecule has 2 atom stereocenters. The molecular formula is C15H26N2O2. The summed E-state index contributed by atoms with van der Waals surface area (Å²) in [7, 11) is 0. The number of piperazine rings is 1. The van der Waals surface area contributed by atoms with Crippen molar-refractivity contribution in [1.82, 2.24) is 10.2 Å². The first kappa shape index (κ1) is 15.7. The molecule has 1 aliphatic heterocycles. The third-order valence-corrected chi connectivity index (χ3v) is 3.38. The Bertz CT molecular complexity index is 361. The topological polar surface area (TPSA) is 49.4 Å². The molecule has 0 saturated carbocycles. The summed E-state index contributed by atoms with van der Waals surface area (Å²) < 4.78 is 0. The van der Waals surface area contributed by atoms with Gasteiger partial charge >= 0.3 is 0 Å². The second-order valence-electron chi connectivity index (χ2n) is 5.94. The summed E-state index contributed by atoms with van der Waals surface area (Å²) in [5, 5.41) is 2.88. The zero-order chi connectivity index (χ0) is 14.6. The third kappa shape index (κ3) is 3.82. The van der Waals surface area contributed by atoms with Gasteiger partial charge in [-0.1, -0.05) is 39.8 Å². The van der Waals surface area contributed by atoms with E-state index in [0.717, 1.165) is 0 Å². The van der Waals surface area contributed by atoms with E-state index in [1.54, 1.807) is 4.90 Å². The number of amides is 2. The van der Waals surface area contributed by atoms with E-state index in [2.05, 4.69) is 19.2 Å². The molecule has 0 spiro atoms. The second-order valence-corrected chi connectivity index (χ2v) is 5.94. The van der Waals surface area contributed by atoms with E-state index in [4.69, 9.17) is 0 Å². The molecule has 2 unspecified atom stereocenters. The van der Waals surface area contributed by atoms with Crippen LogP contribution in [0, 0.1) is 11.8 Å². The summed E-state index contributed by atoms with van der Waals surface area (Å²) in [4.78, 5) is 26.4. The van der Waals surface area contributed by atoms with Gasteiger partial charge in [0.15, 0.2) is 0 Å². The van der Waals surface area contributed by atoms with Crippen molar-refractivity contribution in [2.24, 2.45) is 11.8 Å². The number of hydrogen-bond donors (Lipinski definition) is 1. The average molecular weight is 266 g/mol. The Labute approximate surface area is 116 Å². The van der Waals surface area contributed by atoms with Gasteiger partial charge in [-0.25, -0.2) is 0 Å². The highest BCUT2D eigenvalue weighted by Gasteiger charge is 2.41. The van der Waals surface area contributed by atoms with Crippen LogP contribution >= 0.6 is 0 Å². The van der Waals surface area contributed by atoms with Crippen molar-refractivity contribution in [3.63, 3.8) is 0 Å². The fourth-order valence-corrected chi connectivity index (χ4v) is 2.51. The normalized spacial score (nSPS) is 24.7. The first-order valence-corrected chi connectivity index (χ1v) is 7.10. The zero-order valence-electron chi connectivity index (χ0n) is 12.6. The van der Waals surface area contributed by atoms with Crippen molar-refractivity contribution >= 4 is 11.8 Å². The third-order valence-electron chi connectivity index (χ3n) is 3.38. The van der Waals surface area contributed by atoms with E-state index in [1.807, 2.05) is 32.9 Å². The number of nitrogens with zero attached hydrogens (tertiary/aromatic N) is 1. The van der Waals surface area contributed by atoms with Gasteiger partial charge in [-0.3, -0.25) is 9.59 Å². The van der Waals surface area contributed by atoms with Crippen LogP contribution in [0.1, 0.15) is 41.0 Å². The minimum Gasteiger partial charge on any atom is -0.342 e. The number of carbonyl (C=O) groups excluding carboxylic acids is 2. The maximum absolute atomic E-state index is 12.5. The summed E-state index contributed by atoms with van der Waals surface area (Å²) in [6, 6.07) is -0.722. The second kappa shape index (κ2) is 6.73. The molecule has 19 heavy (non-hydrogen) atoms. The van der Waals surface area contributed by atoms with E-state index < -0.39 is 0 Å². The summed E-state index contributed by atoms with van der Waals surface area (Å²) >= 11 is 0. The number of hydrogen-bond acceptors (Lipinski definition) is 2. The van der Waals surface area contributed by atoms with Gasteiger partial charge in [-0.15, -0.1) is 0 Å². The van der Waals surface area contributed by atoms with Crippen molar-refractivity contribution < 1.29 is 9.59 Å². The van der Waals surface area contributed by atoms with Crippen molar-refractivity contribution in [3.05, 3.63) is 12.2 Å². The molecule has 1 fully saturated rings. The molecule has 0 aromatic carbocycles. The minimum atomic E-state index is -0.368. The molecule has 0 bridgehead atoms. The summed E-state index contributed by atoms with van der Waals surface area (Å²) in [5.41, 5.74) is 0. The highest BCUT2D eigenvalue weighted by molar-refractivity contribution is 5.97. The van der Waals surface area contributed by atoms with E-state index in [9.17, 15) is 9.59 Å². The van der Waals surface area contributed by atoms with Crippen molar-refractivity contribution in [2.45, 2.75) is 53.1 Å². The predicted molar refractivity (Wildman–Crippen MR) is 76.5 cm³/mol. The first-order chi connectivity index (χ1) is 8.88. The molecule has 1 N–H and O–H groups in total. The average Bonchev–Trinajstić information content (AvgIpc) is 2.30. The van der Waals surface area contributed by atoms with Gasteiger partial charge in [-0.05, 0) is 25.2 Å². The van der Waals surface area contributed by atoms with Crippen LogP contribution in [-0.4, -0.2) is 35.3 Å². The molecule has 1 saturated heterocycles. The monoisotopic (exact) mass is 266 g/mol. The van der Waals surface area contributed by atoms with E-state index in [-0.39, 0.29) is 29.8 Å². The highest BCUT2D eigenvalue weighted by atomic mass is 16.2. The van der Waals surface area contributed by atoms with Crippen LogP contribution in [0.3, 0.4) is 0 Å². The molecule has 4 heteroatoms. The molecular weight excluding hydrogens is 240 g/mol. The maximum Gasteiger partial charge on any atom is 0.246 e. The van der Waals surface area contributed by atoms with Gasteiger partial charge < -0.3 is 10.2 Å². The fourth-order valence-electron chi connectivity index (χ4n) is 2.51. The standard InChI is InChI=1S/C15H26N2O2/c1-6-7-8-17-13(11(4)5)14(18)16-12(15(17)19)9-10(2)3/h6-7,10-13H,8-9H2,1-5H3,(H,16,18)/b7-6+. The number of carbonyl (C=O) groups is 2. The van der Waals surface area contributed by atoms with Gasteiger partial charge in [0, 0.05) is 6.54 Å². The summed E-state index contributed by atoms with van der Waals surface area (Å²) in [5.74, 6) is 0.525. The molecule has 108 valence electrons. The van der Waals surface area contributed by atoms with Gasteiger partial charge in [-0.2, -0.15) is 0 Å². The van der Waals surface area contributed by atoms with Crippen LogP contribution in [0.5, 0.6) is 0 Å². The molecule has 1 rings (SSSR count). The largest absolute Gasteiger partial charge is 0.342 e. The molecule has 1 heterocycles. The molecule has 0 aromatic rings. The molecule has 2 amide bonds. The van der Waals surface area contributed by atoms with Crippen LogP contribution in [-0.2, 0) is 9.59 Å². The maximum atomic E-state index is 12.5. The molecule has 4 nitrogen and oxygen atoms in total. The van der Waals surface area contributed by atoms with Crippen molar-refractivity contribution in [1.29, 1.82) is 0 Å². The molecule has 0 aromatic heterocycles. The first-order valence-electron chi connectivity index (χ1n) is 7.10. The quantitative estimate of drug-likeness (QED) is 0.773. The Balaban J connectivity index is 2.94. The van der Waals surface area contributed by atoms with Gasteiger partial charge in [0.05, 0.1) is 0 Å².